The van der Waals surface area contributed by atoms with Gasteiger partial charge >= 0.3 is 0 Å². The molecule has 0 amide bonds. The number of rotatable bonds is 8. The van der Waals surface area contributed by atoms with Crippen LogP contribution in [0.15, 0.2) is 12.1 Å². The van der Waals surface area contributed by atoms with Crippen LogP contribution in [0.1, 0.15) is 62.6 Å². The summed E-state index contributed by atoms with van der Waals surface area (Å²) in [6, 6.07) is 4.19. The molecule has 0 saturated carbocycles. The number of nitrogens with one attached hydrogen (secondary N) is 1. The molecule has 0 aliphatic rings. The van der Waals surface area contributed by atoms with Gasteiger partial charge in [-0.15, -0.1) is 0 Å². The summed E-state index contributed by atoms with van der Waals surface area (Å²) in [7, 11) is 3.61. The van der Waals surface area contributed by atoms with Crippen LogP contribution < -0.4 is 4.74 Å². The van der Waals surface area contributed by atoms with E-state index < -0.39 is 0 Å². The van der Waals surface area contributed by atoms with Gasteiger partial charge in [0.05, 0.1) is 19.3 Å². The summed E-state index contributed by atoms with van der Waals surface area (Å²) in [5, 5.41) is 0. The summed E-state index contributed by atoms with van der Waals surface area (Å²) in [6.45, 7) is 10.4. The van der Waals surface area contributed by atoms with Crippen molar-refractivity contribution >= 4 is 11.6 Å². The third kappa shape index (κ3) is 4.48. The van der Waals surface area contributed by atoms with Crippen molar-refractivity contribution in [3.05, 3.63) is 51.3 Å². The molecule has 1 heterocycles. The summed E-state index contributed by atoms with van der Waals surface area (Å²) in [5.41, 5.74) is 6.14. The van der Waals surface area contributed by atoms with Gasteiger partial charge in [0, 0.05) is 17.8 Å². The normalized spacial score (nSPS) is 11.1. The fourth-order valence-electron chi connectivity index (χ4n) is 3.89. The van der Waals surface area contributed by atoms with Crippen molar-refractivity contribution in [2.45, 2.75) is 47.6 Å². The van der Waals surface area contributed by atoms with E-state index in [9.17, 15) is 9.59 Å². The predicted octanol–water partition coefficient (Wildman–Crippen LogP) is 4.03. The lowest BCUT2D eigenvalue weighted by Gasteiger charge is -2.18. The number of methoxy groups -OCH3 is 1. The van der Waals surface area contributed by atoms with Gasteiger partial charge in [-0.05, 0) is 63.4 Å². The summed E-state index contributed by atoms with van der Waals surface area (Å²) in [5.74, 6) is 0.910. The maximum Gasteiger partial charge on any atom is 0.193 e. The van der Waals surface area contributed by atoms with E-state index in [1.807, 2.05) is 39.6 Å². The molecule has 0 unspecified atom stereocenters. The third-order valence-electron chi connectivity index (χ3n) is 4.87. The largest absolute Gasteiger partial charge is 0.496 e. The molecule has 0 bridgehead atoms. The van der Waals surface area contributed by atoms with Crippen molar-refractivity contribution in [2.24, 2.45) is 0 Å². The molecule has 5 nitrogen and oxygen atoms in total. The van der Waals surface area contributed by atoms with Crippen LogP contribution in [0.3, 0.4) is 0 Å². The van der Waals surface area contributed by atoms with Crippen LogP contribution in [0.2, 0.25) is 0 Å². The Morgan fingerprint density at radius 2 is 1.74 bits per heavy atom. The van der Waals surface area contributed by atoms with E-state index in [0.717, 1.165) is 33.7 Å². The van der Waals surface area contributed by atoms with Crippen molar-refractivity contribution in [1.82, 2.24) is 9.88 Å². The number of hydrogen-bond acceptors (Lipinski definition) is 4. The molecule has 146 valence electrons. The Morgan fingerprint density at radius 1 is 1.15 bits per heavy atom. The molecule has 0 fully saturated rings. The molecular weight excluding hydrogens is 340 g/mol. The first-order valence-corrected chi connectivity index (χ1v) is 9.27. The van der Waals surface area contributed by atoms with Crippen molar-refractivity contribution in [1.29, 1.82) is 0 Å². The van der Waals surface area contributed by atoms with Gasteiger partial charge in [-0.1, -0.05) is 19.1 Å². The average Bonchev–Trinajstić information content (AvgIpc) is 2.91. The van der Waals surface area contributed by atoms with Gasteiger partial charge in [0.15, 0.2) is 11.6 Å². The number of aromatic nitrogens is 1. The molecule has 0 aliphatic heterocycles. The quantitative estimate of drug-likeness (QED) is 0.713. The van der Waals surface area contributed by atoms with Gasteiger partial charge in [0.2, 0.25) is 0 Å². The molecule has 0 spiro atoms. The standard InChI is InChI=1S/C22H30N2O3/c1-8-18-20(16(5)25)15(4)23-21(18)19(26)12-24(6)11-17-9-13(2)22(27-7)14(3)10-17/h9-10,23H,8,11-12H2,1-7H3. The minimum Gasteiger partial charge on any atom is -0.496 e. The Kier molecular flexibility index (Phi) is 6.60. The van der Waals surface area contributed by atoms with E-state index in [0.29, 0.717) is 24.2 Å². The number of benzene rings is 1. The van der Waals surface area contributed by atoms with Crippen LogP contribution in [0.4, 0.5) is 0 Å². The number of carbonyl (C=O) groups is 2. The zero-order valence-corrected chi connectivity index (χ0v) is 17.4. The smallest absolute Gasteiger partial charge is 0.193 e. The molecule has 0 saturated heterocycles. The second-order valence-corrected chi connectivity index (χ2v) is 7.25. The number of carbonyl (C=O) groups excluding carboxylic acids is 2. The maximum atomic E-state index is 12.8. The number of ketones is 2. The average molecular weight is 370 g/mol. The number of nitrogens with zero attached hydrogens (tertiary/aromatic N) is 1. The fourth-order valence-corrected chi connectivity index (χ4v) is 3.89. The highest BCUT2D eigenvalue weighted by Gasteiger charge is 2.22. The summed E-state index contributed by atoms with van der Waals surface area (Å²) < 4.78 is 5.42. The first kappa shape index (κ1) is 20.9. The van der Waals surface area contributed by atoms with Crippen molar-refractivity contribution in [3.63, 3.8) is 0 Å². The molecule has 27 heavy (non-hydrogen) atoms. The molecule has 0 atom stereocenters. The van der Waals surface area contributed by atoms with Crippen LogP contribution in [0.25, 0.3) is 0 Å². The van der Waals surface area contributed by atoms with Crippen LogP contribution >= 0.6 is 0 Å². The van der Waals surface area contributed by atoms with Gasteiger partial charge in [0.25, 0.3) is 0 Å². The van der Waals surface area contributed by atoms with Gasteiger partial charge in [-0.2, -0.15) is 0 Å². The van der Waals surface area contributed by atoms with E-state index in [-0.39, 0.29) is 18.1 Å². The highest BCUT2D eigenvalue weighted by atomic mass is 16.5. The lowest BCUT2D eigenvalue weighted by molar-refractivity contribution is 0.0937. The molecule has 0 aliphatic carbocycles. The van der Waals surface area contributed by atoms with Crippen LogP contribution in [0.5, 0.6) is 5.75 Å². The Labute approximate surface area is 161 Å². The second-order valence-electron chi connectivity index (χ2n) is 7.25. The van der Waals surface area contributed by atoms with E-state index >= 15 is 0 Å². The number of aryl methyl sites for hydroxylation is 3. The number of aromatic amines is 1. The second kappa shape index (κ2) is 8.53. The number of likely N-dealkylation sites (N-methyl/N-ethyl adjacent to an activating group) is 1. The van der Waals surface area contributed by atoms with E-state index in [4.69, 9.17) is 4.74 Å². The number of ether oxygens (including phenoxy) is 1. The molecule has 1 aromatic heterocycles. The monoisotopic (exact) mass is 370 g/mol. The van der Waals surface area contributed by atoms with Crippen molar-refractivity contribution in [2.75, 3.05) is 20.7 Å². The molecule has 1 N–H and O–H groups in total. The van der Waals surface area contributed by atoms with Gasteiger partial charge in [0.1, 0.15) is 5.75 Å². The van der Waals surface area contributed by atoms with Crippen LogP contribution in [-0.2, 0) is 13.0 Å². The SMILES string of the molecule is CCc1c(C(=O)CN(C)Cc2cc(C)c(OC)c(C)c2)[nH]c(C)c1C(C)=O. The van der Waals surface area contributed by atoms with E-state index in [1.165, 1.54) is 0 Å². The zero-order chi connectivity index (χ0) is 20.3. The molecule has 2 rings (SSSR count). The summed E-state index contributed by atoms with van der Waals surface area (Å²) in [4.78, 5) is 29.9. The minimum atomic E-state index is -0.00260. The van der Waals surface area contributed by atoms with Crippen molar-refractivity contribution in [3.8, 4) is 5.75 Å². The van der Waals surface area contributed by atoms with Gasteiger partial charge < -0.3 is 9.72 Å². The van der Waals surface area contributed by atoms with E-state index in [2.05, 4.69) is 17.1 Å². The molecule has 1 aromatic carbocycles. The first-order valence-electron chi connectivity index (χ1n) is 9.27. The molecular formula is C22H30N2O3. The molecule has 2 aromatic rings. The Bertz CT molecular complexity index is 842. The highest BCUT2D eigenvalue weighted by Crippen LogP contribution is 2.25. The minimum absolute atomic E-state index is 0.00260. The van der Waals surface area contributed by atoms with Crippen molar-refractivity contribution < 1.29 is 14.3 Å². The predicted molar refractivity (Wildman–Crippen MR) is 108 cm³/mol. The fraction of sp³-hybridized carbons (Fsp3) is 0.455. The van der Waals surface area contributed by atoms with Crippen LogP contribution in [-0.4, -0.2) is 42.2 Å². The lowest BCUT2D eigenvalue weighted by Crippen LogP contribution is -2.26. The first-order chi connectivity index (χ1) is 12.7. The third-order valence-corrected chi connectivity index (χ3v) is 4.87. The van der Waals surface area contributed by atoms with Gasteiger partial charge in [-0.25, -0.2) is 0 Å². The maximum absolute atomic E-state index is 12.8. The van der Waals surface area contributed by atoms with Crippen LogP contribution in [0, 0.1) is 20.8 Å². The molecule has 5 heteroatoms. The van der Waals surface area contributed by atoms with E-state index in [1.54, 1.807) is 14.0 Å². The number of hydrogen-bond donors (Lipinski definition) is 1. The number of H-pyrrole nitrogens is 1. The zero-order valence-electron chi connectivity index (χ0n) is 17.4. The highest BCUT2D eigenvalue weighted by molar-refractivity contribution is 6.04. The summed E-state index contributed by atoms with van der Waals surface area (Å²) in [6.07, 6.45) is 0.654. The Balaban J connectivity index is 2.17. The summed E-state index contributed by atoms with van der Waals surface area (Å²) >= 11 is 0. The Hall–Kier alpha value is -2.40. The van der Waals surface area contributed by atoms with Gasteiger partial charge in [-0.3, -0.25) is 14.5 Å². The Morgan fingerprint density at radius 3 is 2.22 bits per heavy atom. The lowest BCUT2D eigenvalue weighted by atomic mass is 10.0. The topological polar surface area (TPSA) is 62.4 Å². The number of Topliss-reactive ketones (excluding diaryl/α,β-unsaturated/α-hetero) is 2. The molecule has 0 radical (unpaired) electrons.